The fourth-order valence-electron chi connectivity index (χ4n) is 2.46. The lowest BCUT2D eigenvalue weighted by Gasteiger charge is -2.10. The summed E-state index contributed by atoms with van der Waals surface area (Å²) in [4.78, 5) is 4.80. The molecule has 24 heavy (non-hydrogen) atoms. The zero-order valence-corrected chi connectivity index (χ0v) is 13.3. The molecule has 117 valence electrons. The zero-order chi connectivity index (χ0) is 16.8. The van der Waals surface area contributed by atoms with Gasteiger partial charge in [-0.1, -0.05) is 66.7 Å². The molecule has 0 fully saturated rings. The van der Waals surface area contributed by atoms with E-state index in [9.17, 15) is 4.32 Å². The molecule has 1 radical (unpaired) electrons. The van der Waals surface area contributed by atoms with E-state index < -0.39 is 0 Å². The number of benzene rings is 3. The zero-order valence-electron chi connectivity index (χ0n) is 13.3. The topological polar surface area (TPSA) is 21.6 Å². The number of halogens is 1. The van der Waals surface area contributed by atoms with E-state index in [-0.39, 0.29) is 0 Å². The summed E-state index contributed by atoms with van der Waals surface area (Å²) in [7, 11) is 2.10. The van der Waals surface area contributed by atoms with Gasteiger partial charge in [-0.2, -0.15) is 0 Å². The maximum atomic E-state index is 12.7. The summed E-state index contributed by atoms with van der Waals surface area (Å²) in [6.07, 6.45) is 0. The van der Waals surface area contributed by atoms with Gasteiger partial charge < -0.3 is 9.05 Å². The summed E-state index contributed by atoms with van der Waals surface area (Å²) >= 11 is 0. The summed E-state index contributed by atoms with van der Waals surface area (Å²) < 4.78 is 18.1. The Morgan fingerprint density at radius 2 is 1.46 bits per heavy atom. The standard InChI is InChI=1S/C20H16BFNO/c1-24-19-14-17(21-22)12-13-18(19)23-20(15-8-4-2-5-9-15)16-10-6-3-7-11-16/h2-14H,1H3. The second kappa shape index (κ2) is 7.60. The normalized spacial score (nSPS) is 10.1. The Kier molecular flexibility index (Phi) is 5.07. The summed E-state index contributed by atoms with van der Waals surface area (Å²) in [5.74, 6) is 0.533. The van der Waals surface area contributed by atoms with Crippen LogP contribution in [0.25, 0.3) is 0 Å². The fourth-order valence-corrected chi connectivity index (χ4v) is 2.46. The van der Waals surface area contributed by atoms with Gasteiger partial charge in [0, 0.05) is 11.1 Å². The Hall–Kier alpha value is -2.88. The summed E-state index contributed by atoms with van der Waals surface area (Å²) in [6.45, 7) is 0. The van der Waals surface area contributed by atoms with E-state index in [4.69, 9.17) is 9.73 Å². The van der Waals surface area contributed by atoms with Crippen molar-refractivity contribution in [3.8, 4) is 5.75 Å². The van der Waals surface area contributed by atoms with Crippen LogP contribution in [-0.2, 0) is 0 Å². The first kappa shape index (κ1) is 16.0. The Bertz CT molecular complexity index is 793. The SMILES string of the molecule is COc1cc([B]F)ccc1N=C(c1ccccc1)c1ccccc1. The number of ether oxygens (including phenoxy) is 1. The number of aliphatic imine (C=N–C) groups is 1. The average Bonchev–Trinajstić information content (AvgIpc) is 2.67. The molecule has 0 atom stereocenters. The molecule has 0 N–H and O–H groups in total. The van der Waals surface area contributed by atoms with Gasteiger partial charge in [-0.15, -0.1) is 0 Å². The first-order valence-corrected chi connectivity index (χ1v) is 7.63. The third kappa shape index (κ3) is 3.54. The molecule has 0 amide bonds. The van der Waals surface area contributed by atoms with Gasteiger partial charge >= 0.3 is 7.56 Å². The largest absolute Gasteiger partial charge is 0.495 e. The van der Waals surface area contributed by atoms with Gasteiger partial charge in [-0.05, 0) is 17.6 Å². The van der Waals surface area contributed by atoms with Crippen LogP contribution in [0.15, 0.2) is 83.9 Å². The van der Waals surface area contributed by atoms with Gasteiger partial charge in [0.05, 0.1) is 12.8 Å². The Morgan fingerprint density at radius 3 is 1.96 bits per heavy atom. The lowest BCUT2D eigenvalue weighted by Crippen LogP contribution is -2.09. The smallest absolute Gasteiger partial charge is 0.392 e. The van der Waals surface area contributed by atoms with Gasteiger partial charge in [-0.25, -0.2) is 4.99 Å². The minimum atomic E-state index is 0.451. The molecule has 0 unspecified atom stereocenters. The van der Waals surface area contributed by atoms with Gasteiger partial charge in [0.15, 0.2) is 0 Å². The minimum Gasteiger partial charge on any atom is -0.495 e. The van der Waals surface area contributed by atoms with Crippen LogP contribution in [0.3, 0.4) is 0 Å². The van der Waals surface area contributed by atoms with Crippen molar-refractivity contribution in [1.82, 2.24) is 0 Å². The van der Waals surface area contributed by atoms with E-state index >= 15 is 0 Å². The van der Waals surface area contributed by atoms with E-state index in [2.05, 4.69) is 0 Å². The number of hydrogen-bond donors (Lipinski definition) is 0. The predicted octanol–water partition coefficient (Wildman–Crippen LogP) is 4.08. The highest BCUT2D eigenvalue weighted by atomic mass is 19.1. The molecule has 4 heteroatoms. The quantitative estimate of drug-likeness (QED) is 0.513. The second-order valence-corrected chi connectivity index (χ2v) is 5.23. The lowest BCUT2D eigenvalue weighted by molar-refractivity contribution is 0.416. The van der Waals surface area contributed by atoms with E-state index in [1.165, 1.54) is 0 Å². The first-order chi connectivity index (χ1) is 11.8. The van der Waals surface area contributed by atoms with Crippen LogP contribution >= 0.6 is 0 Å². The van der Waals surface area contributed by atoms with E-state index in [0.717, 1.165) is 16.8 Å². The van der Waals surface area contributed by atoms with E-state index in [0.29, 0.717) is 24.5 Å². The van der Waals surface area contributed by atoms with Gasteiger partial charge in [0.2, 0.25) is 0 Å². The molecule has 2 nitrogen and oxygen atoms in total. The maximum absolute atomic E-state index is 12.7. The molecule has 0 aliphatic rings. The molecule has 0 saturated carbocycles. The molecular formula is C20H16BFNO. The number of hydrogen-bond acceptors (Lipinski definition) is 2. The van der Waals surface area contributed by atoms with E-state index in [1.54, 1.807) is 25.3 Å². The lowest BCUT2D eigenvalue weighted by atomic mass is 9.91. The minimum absolute atomic E-state index is 0.451. The molecule has 0 bridgehead atoms. The molecule has 0 aliphatic heterocycles. The van der Waals surface area contributed by atoms with Crippen molar-refractivity contribution in [3.05, 3.63) is 90.0 Å². The average molecular weight is 316 g/mol. The fraction of sp³-hybridized carbons (Fsp3) is 0.0500. The van der Waals surface area contributed by atoms with Crippen LogP contribution in [0.2, 0.25) is 0 Å². The molecule has 0 saturated heterocycles. The Labute approximate surface area is 141 Å². The third-order valence-corrected chi connectivity index (χ3v) is 3.66. The van der Waals surface area contributed by atoms with Crippen LogP contribution in [0.4, 0.5) is 10.0 Å². The number of methoxy groups -OCH3 is 1. The monoisotopic (exact) mass is 316 g/mol. The number of rotatable bonds is 5. The molecule has 3 aromatic rings. The van der Waals surface area contributed by atoms with Crippen molar-refractivity contribution in [2.24, 2.45) is 4.99 Å². The summed E-state index contributed by atoms with van der Waals surface area (Å²) in [6, 6.07) is 25.0. The van der Waals surface area contributed by atoms with Crippen LogP contribution < -0.4 is 10.2 Å². The molecule has 0 heterocycles. The van der Waals surface area contributed by atoms with Crippen LogP contribution in [-0.4, -0.2) is 20.4 Å². The van der Waals surface area contributed by atoms with E-state index in [1.807, 2.05) is 60.7 Å². The third-order valence-electron chi connectivity index (χ3n) is 3.66. The molecule has 3 rings (SSSR count). The van der Waals surface area contributed by atoms with Gasteiger partial charge in [0.1, 0.15) is 11.4 Å². The Morgan fingerprint density at radius 1 is 0.875 bits per heavy atom. The van der Waals surface area contributed by atoms with Crippen molar-refractivity contribution in [1.29, 1.82) is 0 Å². The highest BCUT2D eigenvalue weighted by molar-refractivity contribution is 6.46. The second-order valence-electron chi connectivity index (χ2n) is 5.23. The van der Waals surface area contributed by atoms with Gasteiger partial charge in [-0.3, -0.25) is 0 Å². The molecule has 3 aromatic carbocycles. The summed E-state index contributed by atoms with van der Waals surface area (Å²) in [5.41, 5.74) is 3.96. The highest BCUT2D eigenvalue weighted by Gasteiger charge is 2.10. The maximum Gasteiger partial charge on any atom is 0.392 e. The van der Waals surface area contributed by atoms with Crippen molar-refractivity contribution >= 4 is 24.4 Å². The highest BCUT2D eigenvalue weighted by Crippen LogP contribution is 2.27. The van der Waals surface area contributed by atoms with Crippen LogP contribution in [0.1, 0.15) is 11.1 Å². The summed E-state index contributed by atoms with van der Waals surface area (Å²) in [5, 5.41) is 0. The molecule has 0 aromatic heterocycles. The predicted molar refractivity (Wildman–Crippen MR) is 97.7 cm³/mol. The Balaban J connectivity index is 2.14. The van der Waals surface area contributed by atoms with Crippen molar-refractivity contribution in [3.63, 3.8) is 0 Å². The van der Waals surface area contributed by atoms with Crippen molar-refractivity contribution in [2.75, 3.05) is 7.11 Å². The molecule has 0 spiro atoms. The van der Waals surface area contributed by atoms with Crippen molar-refractivity contribution in [2.45, 2.75) is 0 Å². The van der Waals surface area contributed by atoms with Crippen LogP contribution in [0, 0.1) is 0 Å². The van der Waals surface area contributed by atoms with Crippen LogP contribution in [0.5, 0.6) is 5.75 Å². The molecule has 0 aliphatic carbocycles. The molecular weight excluding hydrogens is 300 g/mol. The van der Waals surface area contributed by atoms with Crippen molar-refractivity contribution < 1.29 is 9.05 Å². The first-order valence-electron chi connectivity index (χ1n) is 7.63. The van der Waals surface area contributed by atoms with Gasteiger partial charge in [0.25, 0.3) is 0 Å². The number of nitrogens with zero attached hydrogens (tertiary/aromatic N) is 1.